The fourth-order valence-electron chi connectivity index (χ4n) is 2.34. The first kappa shape index (κ1) is 12.0. The molecule has 2 heteroatoms. The second-order valence-electron chi connectivity index (χ2n) is 4.51. The minimum atomic E-state index is 0.510. The van der Waals surface area contributed by atoms with Gasteiger partial charge in [-0.3, -0.25) is 0 Å². The van der Waals surface area contributed by atoms with Crippen molar-refractivity contribution in [3.63, 3.8) is 0 Å². The molecule has 0 aromatic carbocycles. The molecule has 0 aromatic heterocycles. The van der Waals surface area contributed by atoms with Crippen LogP contribution in [0.2, 0.25) is 0 Å². The van der Waals surface area contributed by atoms with Crippen molar-refractivity contribution in [1.82, 2.24) is 5.32 Å². The molecule has 0 radical (unpaired) electrons. The highest BCUT2D eigenvalue weighted by Gasteiger charge is 2.23. The Morgan fingerprint density at radius 2 is 2.14 bits per heavy atom. The van der Waals surface area contributed by atoms with Crippen LogP contribution >= 0.6 is 0 Å². The van der Waals surface area contributed by atoms with Crippen molar-refractivity contribution in [3.8, 4) is 0 Å². The lowest BCUT2D eigenvalue weighted by Crippen LogP contribution is -2.37. The Balaban J connectivity index is 2.12. The van der Waals surface area contributed by atoms with Crippen molar-refractivity contribution < 1.29 is 4.74 Å². The van der Waals surface area contributed by atoms with Gasteiger partial charge in [0.15, 0.2) is 0 Å². The quantitative estimate of drug-likeness (QED) is 0.710. The average molecular weight is 199 g/mol. The molecule has 84 valence electrons. The van der Waals surface area contributed by atoms with Gasteiger partial charge in [-0.2, -0.15) is 0 Å². The number of nitrogens with one attached hydrogen (secondary N) is 1. The Morgan fingerprint density at radius 1 is 1.36 bits per heavy atom. The first-order valence-corrected chi connectivity index (χ1v) is 6.10. The molecule has 1 rings (SSSR count). The van der Waals surface area contributed by atoms with Crippen molar-refractivity contribution in [2.75, 3.05) is 13.2 Å². The van der Waals surface area contributed by atoms with Crippen molar-refractivity contribution >= 4 is 0 Å². The third kappa shape index (κ3) is 3.97. The summed E-state index contributed by atoms with van der Waals surface area (Å²) in [6, 6.07) is 1.26. The first-order valence-electron chi connectivity index (χ1n) is 6.10. The van der Waals surface area contributed by atoms with Gasteiger partial charge in [0, 0.05) is 18.7 Å². The topological polar surface area (TPSA) is 21.3 Å². The molecule has 0 bridgehead atoms. The molecular weight excluding hydrogens is 174 g/mol. The van der Waals surface area contributed by atoms with Crippen LogP contribution in [0.3, 0.4) is 0 Å². The van der Waals surface area contributed by atoms with Gasteiger partial charge in [-0.05, 0) is 39.0 Å². The molecule has 1 N–H and O–H groups in total. The van der Waals surface area contributed by atoms with Gasteiger partial charge < -0.3 is 10.1 Å². The van der Waals surface area contributed by atoms with E-state index < -0.39 is 0 Å². The first-order chi connectivity index (χ1) is 6.76. The molecule has 14 heavy (non-hydrogen) atoms. The van der Waals surface area contributed by atoms with Gasteiger partial charge >= 0.3 is 0 Å². The molecule has 3 atom stereocenters. The maximum atomic E-state index is 5.40. The highest BCUT2D eigenvalue weighted by molar-refractivity contribution is 4.81. The zero-order valence-electron chi connectivity index (χ0n) is 9.88. The van der Waals surface area contributed by atoms with Crippen LogP contribution in [-0.4, -0.2) is 25.3 Å². The summed E-state index contributed by atoms with van der Waals surface area (Å²) in [4.78, 5) is 0. The van der Waals surface area contributed by atoms with E-state index in [1.807, 2.05) is 0 Å². The Hall–Kier alpha value is -0.0800. The lowest BCUT2D eigenvalue weighted by Gasteiger charge is -2.19. The van der Waals surface area contributed by atoms with Crippen molar-refractivity contribution in [2.45, 2.75) is 58.5 Å². The molecule has 0 aliphatic heterocycles. The molecule has 0 spiro atoms. The van der Waals surface area contributed by atoms with Crippen LogP contribution in [0.5, 0.6) is 0 Å². The summed E-state index contributed by atoms with van der Waals surface area (Å²) in [5, 5.41) is 3.65. The van der Waals surface area contributed by atoms with Crippen LogP contribution in [0.1, 0.15) is 46.5 Å². The zero-order chi connectivity index (χ0) is 10.4. The SMILES string of the molecule is CCOCC(C)NC1CCC(CC)C1. The van der Waals surface area contributed by atoms with Crippen LogP contribution < -0.4 is 5.32 Å². The molecule has 0 heterocycles. The largest absolute Gasteiger partial charge is 0.380 e. The molecule has 1 saturated carbocycles. The van der Waals surface area contributed by atoms with E-state index >= 15 is 0 Å². The molecule has 0 saturated heterocycles. The Bertz CT molecular complexity index is 149. The van der Waals surface area contributed by atoms with E-state index in [1.54, 1.807) is 0 Å². The molecule has 1 aliphatic carbocycles. The maximum Gasteiger partial charge on any atom is 0.0616 e. The summed E-state index contributed by atoms with van der Waals surface area (Å²) in [6.45, 7) is 8.25. The number of hydrogen-bond donors (Lipinski definition) is 1. The third-order valence-corrected chi connectivity index (χ3v) is 3.21. The van der Waals surface area contributed by atoms with Gasteiger partial charge in [-0.25, -0.2) is 0 Å². The Kier molecular flexibility index (Phi) is 5.49. The van der Waals surface area contributed by atoms with E-state index in [2.05, 4.69) is 26.1 Å². The van der Waals surface area contributed by atoms with E-state index in [4.69, 9.17) is 4.74 Å². The van der Waals surface area contributed by atoms with Crippen LogP contribution in [-0.2, 0) is 4.74 Å². The highest BCUT2D eigenvalue weighted by Crippen LogP contribution is 2.27. The van der Waals surface area contributed by atoms with E-state index in [0.717, 1.165) is 25.2 Å². The summed E-state index contributed by atoms with van der Waals surface area (Å²) < 4.78 is 5.40. The van der Waals surface area contributed by atoms with Gasteiger partial charge in [0.05, 0.1) is 6.61 Å². The molecular formula is C12H25NO. The van der Waals surface area contributed by atoms with Crippen LogP contribution in [0.25, 0.3) is 0 Å². The standard InChI is InChI=1S/C12H25NO/c1-4-11-6-7-12(8-11)13-10(3)9-14-5-2/h10-13H,4-9H2,1-3H3. The fraction of sp³-hybridized carbons (Fsp3) is 1.00. The number of rotatable bonds is 6. The monoisotopic (exact) mass is 199 g/mol. The second kappa shape index (κ2) is 6.41. The van der Waals surface area contributed by atoms with E-state index in [-0.39, 0.29) is 0 Å². The van der Waals surface area contributed by atoms with Gasteiger partial charge in [-0.15, -0.1) is 0 Å². The highest BCUT2D eigenvalue weighted by atomic mass is 16.5. The van der Waals surface area contributed by atoms with Gasteiger partial charge in [0.25, 0.3) is 0 Å². The summed E-state index contributed by atoms with van der Waals surface area (Å²) in [5.41, 5.74) is 0. The molecule has 2 nitrogen and oxygen atoms in total. The van der Waals surface area contributed by atoms with Crippen molar-refractivity contribution in [3.05, 3.63) is 0 Å². The van der Waals surface area contributed by atoms with Crippen LogP contribution in [0.15, 0.2) is 0 Å². The van der Waals surface area contributed by atoms with E-state index in [0.29, 0.717) is 6.04 Å². The second-order valence-corrected chi connectivity index (χ2v) is 4.51. The van der Waals surface area contributed by atoms with Crippen molar-refractivity contribution in [2.24, 2.45) is 5.92 Å². The lowest BCUT2D eigenvalue weighted by atomic mass is 10.1. The molecule has 1 fully saturated rings. The normalized spacial score (nSPS) is 29.4. The predicted molar refractivity (Wildman–Crippen MR) is 60.5 cm³/mol. The average Bonchev–Trinajstić information content (AvgIpc) is 2.62. The van der Waals surface area contributed by atoms with Crippen molar-refractivity contribution in [1.29, 1.82) is 0 Å². The van der Waals surface area contributed by atoms with Gasteiger partial charge in [0.2, 0.25) is 0 Å². The van der Waals surface area contributed by atoms with E-state index in [1.165, 1.54) is 25.7 Å². The zero-order valence-corrected chi connectivity index (χ0v) is 9.88. The number of ether oxygens (including phenoxy) is 1. The fourth-order valence-corrected chi connectivity index (χ4v) is 2.34. The summed E-state index contributed by atoms with van der Waals surface area (Å²) >= 11 is 0. The van der Waals surface area contributed by atoms with Gasteiger partial charge in [0.1, 0.15) is 0 Å². The minimum absolute atomic E-state index is 0.510. The van der Waals surface area contributed by atoms with Crippen LogP contribution in [0.4, 0.5) is 0 Å². The molecule has 0 aromatic rings. The molecule has 1 aliphatic rings. The predicted octanol–water partition coefficient (Wildman–Crippen LogP) is 2.58. The summed E-state index contributed by atoms with van der Waals surface area (Å²) in [5.74, 6) is 0.965. The number of hydrogen-bond acceptors (Lipinski definition) is 2. The molecule has 3 unspecified atom stereocenters. The lowest BCUT2D eigenvalue weighted by molar-refractivity contribution is 0.123. The Labute approximate surface area is 88.4 Å². The van der Waals surface area contributed by atoms with E-state index in [9.17, 15) is 0 Å². The Morgan fingerprint density at radius 3 is 2.71 bits per heavy atom. The maximum absolute atomic E-state index is 5.40. The van der Waals surface area contributed by atoms with Crippen LogP contribution in [0, 0.1) is 5.92 Å². The summed E-state index contributed by atoms with van der Waals surface area (Å²) in [7, 11) is 0. The summed E-state index contributed by atoms with van der Waals surface area (Å²) in [6.07, 6.45) is 5.48. The molecule has 0 amide bonds. The smallest absolute Gasteiger partial charge is 0.0616 e. The minimum Gasteiger partial charge on any atom is -0.380 e. The van der Waals surface area contributed by atoms with Gasteiger partial charge in [-0.1, -0.05) is 13.3 Å². The third-order valence-electron chi connectivity index (χ3n) is 3.21.